The molecule has 0 aliphatic heterocycles. The minimum absolute atomic E-state index is 0.0682. The van der Waals surface area contributed by atoms with Gasteiger partial charge in [0.1, 0.15) is 0 Å². The van der Waals surface area contributed by atoms with E-state index in [9.17, 15) is 0 Å². The molecule has 0 saturated heterocycles. The highest BCUT2D eigenvalue weighted by atomic mass is 35.5. The first-order valence-corrected chi connectivity index (χ1v) is 4.37. The second-order valence-corrected chi connectivity index (χ2v) is 3.50. The zero-order valence-corrected chi connectivity index (χ0v) is 7.30. The molecular weight excluding hydrogens is 170 g/mol. The standard InChI is InChI=1S/C10H8ClN/c11-9-4-3-7-1-2-8(6-12)10(7)5-9/h3-5,8H,1-2H2/t8-/m0/s1. The highest BCUT2D eigenvalue weighted by molar-refractivity contribution is 6.30. The Hall–Kier alpha value is -1.00. The zero-order valence-electron chi connectivity index (χ0n) is 6.55. The van der Waals surface area contributed by atoms with Crippen LogP contribution in [0, 0.1) is 11.3 Å². The predicted octanol–water partition coefficient (Wildman–Crippen LogP) is 2.89. The molecule has 0 bridgehead atoms. The smallest absolute Gasteiger partial charge is 0.0719 e. The second-order valence-electron chi connectivity index (χ2n) is 3.06. The molecule has 0 amide bonds. The third kappa shape index (κ3) is 1.09. The summed E-state index contributed by atoms with van der Waals surface area (Å²) in [5.41, 5.74) is 2.41. The molecule has 0 fully saturated rings. The summed E-state index contributed by atoms with van der Waals surface area (Å²) in [7, 11) is 0. The molecule has 2 heteroatoms. The van der Waals surface area contributed by atoms with Gasteiger partial charge in [-0.3, -0.25) is 0 Å². The highest BCUT2D eigenvalue weighted by Crippen LogP contribution is 2.33. The number of rotatable bonds is 0. The Kier molecular flexibility index (Phi) is 1.78. The SMILES string of the molecule is N#C[C@@H]1CCc2ccc(Cl)cc21. The summed E-state index contributed by atoms with van der Waals surface area (Å²) in [5, 5.41) is 9.54. The van der Waals surface area contributed by atoms with Gasteiger partial charge in [-0.15, -0.1) is 0 Å². The average molecular weight is 178 g/mol. The van der Waals surface area contributed by atoms with Crippen LogP contribution in [0.1, 0.15) is 23.5 Å². The Bertz CT molecular complexity index is 351. The van der Waals surface area contributed by atoms with Crippen LogP contribution in [-0.2, 0) is 6.42 Å². The van der Waals surface area contributed by atoms with Crippen LogP contribution < -0.4 is 0 Å². The van der Waals surface area contributed by atoms with Crippen LogP contribution in [-0.4, -0.2) is 0 Å². The van der Waals surface area contributed by atoms with Gasteiger partial charge in [-0.1, -0.05) is 17.7 Å². The molecule has 60 valence electrons. The first-order chi connectivity index (χ1) is 5.81. The van der Waals surface area contributed by atoms with E-state index in [0.717, 1.165) is 23.4 Å². The quantitative estimate of drug-likeness (QED) is 0.598. The fourth-order valence-corrected chi connectivity index (χ4v) is 1.89. The molecule has 1 aliphatic rings. The summed E-state index contributed by atoms with van der Waals surface area (Å²) in [6.07, 6.45) is 1.97. The molecular formula is C10H8ClN. The van der Waals surface area contributed by atoms with Crippen molar-refractivity contribution in [3.8, 4) is 6.07 Å². The minimum Gasteiger partial charge on any atom is -0.198 e. The Balaban J connectivity index is 2.51. The van der Waals surface area contributed by atoms with Crippen molar-refractivity contribution in [1.82, 2.24) is 0 Å². The van der Waals surface area contributed by atoms with Crippen molar-refractivity contribution >= 4 is 11.6 Å². The van der Waals surface area contributed by atoms with Crippen LogP contribution >= 0.6 is 11.6 Å². The lowest BCUT2D eigenvalue weighted by Gasteiger charge is -2.01. The monoisotopic (exact) mass is 177 g/mol. The predicted molar refractivity (Wildman–Crippen MR) is 48.1 cm³/mol. The van der Waals surface area contributed by atoms with Gasteiger partial charge >= 0.3 is 0 Å². The van der Waals surface area contributed by atoms with Gasteiger partial charge in [0.25, 0.3) is 0 Å². The van der Waals surface area contributed by atoms with Crippen molar-refractivity contribution in [3.63, 3.8) is 0 Å². The Labute approximate surface area is 76.6 Å². The van der Waals surface area contributed by atoms with Crippen LogP contribution in [0.25, 0.3) is 0 Å². The van der Waals surface area contributed by atoms with E-state index in [2.05, 4.69) is 6.07 Å². The summed E-state index contributed by atoms with van der Waals surface area (Å²) >= 11 is 5.84. The molecule has 1 atom stereocenters. The van der Waals surface area contributed by atoms with Crippen LogP contribution in [0.15, 0.2) is 18.2 Å². The van der Waals surface area contributed by atoms with Gasteiger partial charge in [0.2, 0.25) is 0 Å². The second kappa shape index (κ2) is 2.80. The Morgan fingerprint density at radius 2 is 2.33 bits per heavy atom. The van der Waals surface area contributed by atoms with E-state index in [1.54, 1.807) is 0 Å². The van der Waals surface area contributed by atoms with E-state index >= 15 is 0 Å². The summed E-state index contributed by atoms with van der Waals surface area (Å²) in [4.78, 5) is 0. The molecule has 1 aromatic rings. The molecule has 0 unspecified atom stereocenters. The summed E-state index contributed by atoms with van der Waals surface area (Å²) < 4.78 is 0. The van der Waals surface area contributed by atoms with Gasteiger partial charge in [0, 0.05) is 5.02 Å². The molecule has 12 heavy (non-hydrogen) atoms. The molecule has 2 rings (SSSR count). The maximum atomic E-state index is 8.81. The lowest BCUT2D eigenvalue weighted by atomic mass is 10.0. The fourth-order valence-electron chi connectivity index (χ4n) is 1.71. The van der Waals surface area contributed by atoms with E-state index in [1.165, 1.54) is 5.56 Å². The van der Waals surface area contributed by atoms with Crippen LogP contribution in [0.5, 0.6) is 0 Å². The van der Waals surface area contributed by atoms with Crippen molar-refractivity contribution in [2.24, 2.45) is 0 Å². The third-order valence-corrected chi connectivity index (χ3v) is 2.58. The maximum absolute atomic E-state index is 8.81. The number of nitriles is 1. The molecule has 1 nitrogen and oxygen atoms in total. The fraction of sp³-hybridized carbons (Fsp3) is 0.300. The molecule has 0 N–H and O–H groups in total. The minimum atomic E-state index is 0.0682. The molecule has 0 aromatic heterocycles. The van der Waals surface area contributed by atoms with Gasteiger partial charge in [-0.2, -0.15) is 5.26 Å². The van der Waals surface area contributed by atoms with Crippen molar-refractivity contribution in [3.05, 3.63) is 34.3 Å². The first kappa shape index (κ1) is 7.64. The summed E-state index contributed by atoms with van der Waals surface area (Å²) in [5.74, 6) is 0.0682. The van der Waals surface area contributed by atoms with E-state index < -0.39 is 0 Å². The van der Waals surface area contributed by atoms with Gasteiger partial charge in [0.15, 0.2) is 0 Å². The molecule has 1 aromatic carbocycles. The topological polar surface area (TPSA) is 23.8 Å². The zero-order chi connectivity index (χ0) is 8.55. The molecule has 0 heterocycles. The number of benzene rings is 1. The first-order valence-electron chi connectivity index (χ1n) is 3.99. The number of hydrogen-bond acceptors (Lipinski definition) is 1. The van der Waals surface area contributed by atoms with Gasteiger partial charge < -0.3 is 0 Å². The molecule has 0 saturated carbocycles. The van der Waals surface area contributed by atoms with E-state index in [1.807, 2.05) is 18.2 Å². The van der Waals surface area contributed by atoms with E-state index in [-0.39, 0.29) is 5.92 Å². The summed E-state index contributed by atoms with van der Waals surface area (Å²) in [6.45, 7) is 0. The number of aryl methyl sites for hydroxylation is 1. The number of nitrogens with zero attached hydrogens (tertiary/aromatic N) is 1. The van der Waals surface area contributed by atoms with Crippen LogP contribution in [0.2, 0.25) is 5.02 Å². The Morgan fingerprint density at radius 3 is 3.08 bits per heavy atom. The van der Waals surface area contributed by atoms with Gasteiger partial charge in [-0.05, 0) is 36.1 Å². The number of fused-ring (bicyclic) bond motifs is 1. The molecule has 1 aliphatic carbocycles. The van der Waals surface area contributed by atoms with Crippen molar-refractivity contribution < 1.29 is 0 Å². The summed E-state index contributed by atoms with van der Waals surface area (Å²) in [6, 6.07) is 8.11. The number of hydrogen-bond donors (Lipinski definition) is 0. The van der Waals surface area contributed by atoms with Crippen molar-refractivity contribution in [2.75, 3.05) is 0 Å². The van der Waals surface area contributed by atoms with Crippen LogP contribution in [0.4, 0.5) is 0 Å². The molecule has 0 spiro atoms. The van der Waals surface area contributed by atoms with E-state index in [0.29, 0.717) is 0 Å². The average Bonchev–Trinajstić information content (AvgIpc) is 2.46. The van der Waals surface area contributed by atoms with Crippen LogP contribution in [0.3, 0.4) is 0 Å². The van der Waals surface area contributed by atoms with Gasteiger partial charge in [0.05, 0.1) is 12.0 Å². The molecule has 0 radical (unpaired) electrons. The Morgan fingerprint density at radius 1 is 1.50 bits per heavy atom. The van der Waals surface area contributed by atoms with E-state index in [4.69, 9.17) is 16.9 Å². The van der Waals surface area contributed by atoms with Gasteiger partial charge in [-0.25, -0.2) is 0 Å². The van der Waals surface area contributed by atoms with Crippen molar-refractivity contribution in [2.45, 2.75) is 18.8 Å². The highest BCUT2D eigenvalue weighted by Gasteiger charge is 2.21. The largest absolute Gasteiger partial charge is 0.198 e. The third-order valence-electron chi connectivity index (χ3n) is 2.34. The lowest BCUT2D eigenvalue weighted by Crippen LogP contribution is -1.87. The number of halogens is 1. The normalized spacial score (nSPS) is 20.2. The lowest BCUT2D eigenvalue weighted by molar-refractivity contribution is 0.826. The van der Waals surface area contributed by atoms with Crippen molar-refractivity contribution in [1.29, 1.82) is 5.26 Å². The maximum Gasteiger partial charge on any atom is 0.0719 e.